The number of nitrogens with zero attached hydrogens (tertiary/aromatic N) is 3. The number of hydrogen-bond acceptors (Lipinski definition) is 11. The molecule has 1 fully saturated rings. The molecule has 1 aliphatic rings. The molecular formula is C25H32ClFN5O8P. The summed E-state index contributed by atoms with van der Waals surface area (Å²) >= 11 is 6.60. The first-order chi connectivity index (χ1) is 19.3. The third-order valence-electron chi connectivity index (χ3n) is 6.44. The van der Waals surface area contributed by atoms with Crippen LogP contribution in [0.3, 0.4) is 0 Å². The highest BCUT2D eigenvalue weighted by Crippen LogP contribution is 2.54. The van der Waals surface area contributed by atoms with Crippen molar-refractivity contribution in [3.63, 3.8) is 0 Å². The number of esters is 1. The molecular weight excluding hydrogens is 584 g/mol. The molecule has 7 atom stereocenters. The molecule has 0 aliphatic carbocycles. The monoisotopic (exact) mass is 615 g/mol. The van der Waals surface area contributed by atoms with Gasteiger partial charge in [0.05, 0.1) is 30.6 Å². The van der Waals surface area contributed by atoms with Gasteiger partial charge in [-0.05, 0) is 32.9 Å². The zero-order valence-corrected chi connectivity index (χ0v) is 24.4. The molecule has 16 heteroatoms. The van der Waals surface area contributed by atoms with E-state index in [1.807, 2.05) is 0 Å². The summed E-state index contributed by atoms with van der Waals surface area (Å²) in [6.45, 7) is 5.07. The fraction of sp³-hybridized carbons (Fsp3) is 0.520. The molecule has 1 aromatic carbocycles. The van der Waals surface area contributed by atoms with Crippen LogP contribution in [0.4, 0.5) is 10.3 Å². The van der Waals surface area contributed by atoms with Crippen molar-refractivity contribution in [2.45, 2.75) is 63.2 Å². The minimum atomic E-state index is -4.13. The molecule has 1 saturated heterocycles. The molecule has 4 N–H and O–H groups in total. The number of fused-ring (bicyclic) bond motifs is 1. The van der Waals surface area contributed by atoms with Gasteiger partial charge < -0.3 is 24.8 Å². The van der Waals surface area contributed by atoms with E-state index >= 15 is 0 Å². The van der Waals surface area contributed by atoms with Gasteiger partial charge in [0.1, 0.15) is 29.5 Å². The normalized spacial score (nSPS) is 25.6. The maximum absolute atomic E-state index is 14.5. The van der Waals surface area contributed by atoms with Crippen molar-refractivity contribution in [1.82, 2.24) is 19.5 Å². The maximum atomic E-state index is 14.5. The van der Waals surface area contributed by atoms with Crippen LogP contribution in [0, 0.1) is 5.92 Å². The molecule has 1 aliphatic heterocycles. The second kappa shape index (κ2) is 12.1. The van der Waals surface area contributed by atoms with Crippen LogP contribution in [0.5, 0.6) is 5.75 Å². The summed E-state index contributed by atoms with van der Waals surface area (Å²) in [7, 11) is -4.13. The lowest BCUT2D eigenvalue weighted by molar-refractivity contribution is -0.151. The van der Waals surface area contributed by atoms with Gasteiger partial charge in [-0.15, -0.1) is 11.6 Å². The fourth-order valence-electron chi connectivity index (χ4n) is 4.49. The van der Waals surface area contributed by atoms with E-state index in [-0.39, 0.29) is 29.0 Å². The predicted octanol–water partition coefficient (Wildman–Crippen LogP) is 3.17. The van der Waals surface area contributed by atoms with Gasteiger partial charge in [-0.1, -0.05) is 25.1 Å². The number of hydrogen-bond donors (Lipinski definition) is 3. The molecule has 0 saturated carbocycles. The first-order valence-electron chi connectivity index (χ1n) is 12.8. The number of carbonyl (C=O) groups excluding carboxylic acids is 1. The minimum Gasteiger partial charge on any atom is -0.463 e. The largest absolute Gasteiger partial charge is 0.463 e. The predicted molar refractivity (Wildman–Crippen MR) is 148 cm³/mol. The van der Waals surface area contributed by atoms with Crippen molar-refractivity contribution in [3.8, 4) is 5.75 Å². The van der Waals surface area contributed by atoms with E-state index in [0.717, 1.165) is 6.33 Å². The molecule has 0 bridgehead atoms. The van der Waals surface area contributed by atoms with Gasteiger partial charge in [-0.2, -0.15) is 4.98 Å². The standard InChI is InChI=1S/C25H32ClFN5O8P/c1-13(2)37-22(35)14(3)10-41(36,40-16-8-6-5-7-9-16)39-15(4)18-19(33)25(26,11-27)23(38-18)32-12-29-17-20(32)30-24(28)31-21(17)34/h5-9,12-15,18-19,23,33H,10-11H2,1-4H3,(H3,28,30,31,34)/t14-,15-,18-,19+,23-,25?,41-/m1/s1. The summed E-state index contributed by atoms with van der Waals surface area (Å²) in [5.41, 5.74) is 4.88. The van der Waals surface area contributed by atoms with E-state index in [1.54, 1.807) is 44.2 Å². The highest BCUT2D eigenvalue weighted by atomic mass is 35.5. The lowest BCUT2D eigenvalue weighted by Gasteiger charge is -2.29. The molecule has 224 valence electrons. The molecule has 1 unspecified atom stereocenters. The number of ether oxygens (including phenoxy) is 2. The Kier molecular flexibility index (Phi) is 9.10. The molecule has 13 nitrogen and oxygen atoms in total. The van der Waals surface area contributed by atoms with Crippen LogP contribution in [0.1, 0.15) is 33.9 Å². The summed E-state index contributed by atoms with van der Waals surface area (Å²) in [6, 6.07) is 8.19. The van der Waals surface area contributed by atoms with Gasteiger partial charge in [0.2, 0.25) is 5.95 Å². The Morgan fingerprint density at radius 1 is 1.32 bits per heavy atom. The van der Waals surface area contributed by atoms with Crippen LogP contribution in [0.15, 0.2) is 41.5 Å². The van der Waals surface area contributed by atoms with Crippen molar-refractivity contribution in [1.29, 1.82) is 0 Å². The summed E-state index contributed by atoms with van der Waals surface area (Å²) in [6.07, 6.45) is -5.25. The number of aliphatic hydroxyl groups excluding tert-OH is 1. The summed E-state index contributed by atoms with van der Waals surface area (Å²) in [5, 5.41) is 11.2. The number of imidazole rings is 1. The van der Waals surface area contributed by atoms with Crippen molar-refractivity contribution in [3.05, 3.63) is 47.0 Å². The van der Waals surface area contributed by atoms with E-state index in [1.165, 1.54) is 18.4 Å². The van der Waals surface area contributed by atoms with Crippen LogP contribution in [-0.2, 0) is 23.4 Å². The topological polar surface area (TPSA) is 181 Å². The molecule has 0 radical (unpaired) electrons. The second-order valence-electron chi connectivity index (χ2n) is 10.1. The first kappa shape index (κ1) is 30.9. The minimum absolute atomic E-state index is 0.0493. The lowest BCUT2D eigenvalue weighted by atomic mass is 9.97. The zero-order chi connectivity index (χ0) is 30.1. The van der Waals surface area contributed by atoms with Gasteiger partial charge >= 0.3 is 13.6 Å². The summed E-state index contributed by atoms with van der Waals surface area (Å²) < 4.78 is 52.6. The van der Waals surface area contributed by atoms with E-state index in [2.05, 4.69) is 15.0 Å². The lowest BCUT2D eigenvalue weighted by Crippen LogP contribution is -2.46. The molecule has 2 aromatic heterocycles. The number of nitrogens with two attached hydrogens (primary N) is 1. The number of aliphatic hydroxyl groups is 1. The van der Waals surface area contributed by atoms with Crippen LogP contribution < -0.4 is 15.8 Å². The molecule has 0 spiro atoms. The molecule has 0 amide bonds. The van der Waals surface area contributed by atoms with Crippen LogP contribution in [0.25, 0.3) is 11.2 Å². The smallest absolute Gasteiger partial charge is 0.380 e. The highest BCUT2D eigenvalue weighted by Gasteiger charge is 2.59. The molecule has 4 rings (SSSR count). The van der Waals surface area contributed by atoms with Gasteiger partial charge in [0.25, 0.3) is 5.56 Å². The van der Waals surface area contributed by atoms with Crippen molar-refractivity contribution < 1.29 is 37.4 Å². The van der Waals surface area contributed by atoms with Crippen molar-refractivity contribution in [2.75, 3.05) is 18.6 Å². The Morgan fingerprint density at radius 3 is 2.63 bits per heavy atom. The number of carbonyl (C=O) groups is 1. The number of aromatic nitrogens is 4. The Hall–Kier alpha value is -3.03. The highest BCUT2D eigenvalue weighted by molar-refractivity contribution is 7.54. The Labute approximate surface area is 239 Å². The average molecular weight is 616 g/mol. The van der Waals surface area contributed by atoms with E-state index in [4.69, 9.17) is 35.9 Å². The SMILES string of the molecule is CC(C)OC(=O)[C@H](C)C[P@](=O)(Oc1ccccc1)O[C@H](C)[C@H]1O[C@@H](n2cnc3c(=O)[nH]c(N)nc32)C(Cl)(CF)[C@H]1O. The number of para-hydroxylation sites is 1. The van der Waals surface area contributed by atoms with Gasteiger partial charge in [0.15, 0.2) is 17.4 Å². The van der Waals surface area contributed by atoms with E-state index in [0.29, 0.717) is 0 Å². The average Bonchev–Trinajstić information content (AvgIpc) is 3.42. The molecule has 3 aromatic rings. The fourth-order valence-corrected chi connectivity index (χ4v) is 6.87. The van der Waals surface area contributed by atoms with Crippen LogP contribution >= 0.6 is 19.2 Å². The quantitative estimate of drug-likeness (QED) is 0.164. The number of anilines is 1. The second-order valence-corrected chi connectivity index (χ2v) is 12.8. The maximum Gasteiger partial charge on any atom is 0.380 e. The Bertz CT molecular complexity index is 1490. The van der Waals surface area contributed by atoms with E-state index in [9.17, 15) is 23.7 Å². The number of nitrogens with one attached hydrogen (secondary N) is 1. The number of alkyl halides is 2. The van der Waals surface area contributed by atoms with Crippen molar-refractivity contribution in [2.24, 2.45) is 5.92 Å². The summed E-state index contributed by atoms with van der Waals surface area (Å²) in [5.74, 6) is -1.49. The number of rotatable bonds is 11. The summed E-state index contributed by atoms with van der Waals surface area (Å²) in [4.78, 5) is 33.0. The molecule has 3 heterocycles. The third-order valence-corrected chi connectivity index (χ3v) is 9.09. The first-order valence-corrected chi connectivity index (χ1v) is 14.9. The van der Waals surface area contributed by atoms with Crippen LogP contribution in [-0.4, -0.2) is 72.7 Å². The van der Waals surface area contributed by atoms with Gasteiger partial charge in [0, 0.05) is 0 Å². The number of aromatic amines is 1. The number of H-pyrrole nitrogens is 1. The van der Waals surface area contributed by atoms with Gasteiger partial charge in [-0.3, -0.25) is 23.7 Å². The van der Waals surface area contributed by atoms with Gasteiger partial charge in [-0.25, -0.2) is 13.9 Å². The Balaban J connectivity index is 1.63. The number of benzene rings is 1. The van der Waals surface area contributed by atoms with Crippen molar-refractivity contribution >= 4 is 42.3 Å². The Morgan fingerprint density at radius 2 is 2.00 bits per heavy atom. The number of halogens is 2. The number of nitrogen functional groups attached to an aromatic ring is 1. The third kappa shape index (κ3) is 6.41. The zero-order valence-electron chi connectivity index (χ0n) is 22.8. The van der Waals surface area contributed by atoms with E-state index < -0.39 is 67.2 Å². The van der Waals surface area contributed by atoms with Crippen LogP contribution in [0.2, 0.25) is 0 Å². The molecule has 41 heavy (non-hydrogen) atoms.